The molecule has 0 bridgehead atoms. The van der Waals surface area contributed by atoms with Gasteiger partial charge in [-0.15, -0.1) is 0 Å². The van der Waals surface area contributed by atoms with Gasteiger partial charge in [-0.05, 0) is 31.7 Å². The van der Waals surface area contributed by atoms with Crippen LogP contribution in [0.3, 0.4) is 0 Å². The molecule has 1 aromatic carbocycles. The Labute approximate surface area is 121 Å². The Morgan fingerprint density at radius 3 is 2.95 bits per heavy atom. The predicted octanol–water partition coefficient (Wildman–Crippen LogP) is 2.86. The molecule has 108 valence electrons. The maximum absolute atomic E-state index is 5.74. The van der Waals surface area contributed by atoms with Gasteiger partial charge in [0.2, 0.25) is 0 Å². The van der Waals surface area contributed by atoms with Crippen molar-refractivity contribution in [2.24, 2.45) is 0 Å². The lowest BCUT2D eigenvalue weighted by Crippen LogP contribution is -2.25. The molecule has 0 fully saturated rings. The molecule has 1 aliphatic heterocycles. The minimum Gasteiger partial charge on any atom is -0.427 e. The highest BCUT2D eigenvalue weighted by Gasteiger charge is 2.20. The Morgan fingerprint density at radius 1 is 1.19 bits per heavy atom. The zero-order chi connectivity index (χ0) is 14.4. The summed E-state index contributed by atoms with van der Waals surface area (Å²) >= 11 is 0. The average Bonchev–Trinajstić information content (AvgIpc) is 3.00. The first-order valence-electron chi connectivity index (χ1n) is 6.99. The largest absolute Gasteiger partial charge is 0.427 e. The number of aromatic nitrogens is 2. The highest BCUT2D eigenvalue weighted by molar-refractivity contribution is 5.75. The molecule has 0 saturated heterocycles. The van der Waals surface area contributed by atoms with Crippen LogP contribution in [0.25, 0.3) is 11.1 Å². The molecule has 1 N–H and O–H groups in total. The summed E-state index contributed by atoms with van der Waals surface area (Å²) in [5.74, 6) is 0.915. The second-order valence-corrected chi connectivity index (χ2v) is 5.49. The number of rotatable bonds is 2. The Kier molecular flexibility index (Phi) is 2.71. The summed E-state index contributed by atoms with van der Waals surface area (Å²) < 4.78 is 11.4. The fourth-order valence-corrected chi connectivity index (χ4v) is 2.56. The van der Waals surface area contributed by atoms with Gasteiger partial charge in [0.05, 0.1) is 12.2 Å². The van der Waals surface area contributed by atoms with Crippen LogP contribution in [0.2, 0.25) is 0 Å². The number of hydrogen-bond acceptors (Lipinski definition) is 6. The average molecular weight is 284 g/mol. The van der Waals surface area contributed by atoms with E-state index < -0.39 is 0 Å². The van der Waals surface area contributed by atoms with Gasteiger partial charge in [0.15, 0.2) is 5.58 Å². The summed E-state index contributed by atoms with van der Waals surface area (Å²) in [6, 6.07) is 6.75. The lowest BCUT2D eigenvalue weighted by Gasteiger charge is -2.19. The molecule has 6 nitrogen and oxygen atoms in total. The molecule has 0 radical (unpaired) electrons. The molecule has 0 unspecified atom stereocenters. The molecule has 0 spiro atoms. The third-order valence-corrected chi connectivity index (χ3v) is 3.68. The number of nitrogens with zero attached hydrogens (tertiary/aromatic N) is 3. The Balaban J connectivity index is 1.62. The summed E-state index contributed by atoms with van der Waals surface area (Å²) in [7, 11) is 2.07. The molecule has 21 heavy (non-hydrogen) atoms. The maximum Gasteiger partial charge on any atom is 0.303 e. The van der Waals surface area contributed by atoms with Crippen molar-refractivity contribution in [3.8, 4) is 0 Å². The number of nitrogens with one attached hydrogen (secondary N) is 1. The second-order valence-electron chi connectivity index (χ2n) is 5.49. The Hall–Kier alpha value is -2.34. The number of likely N-dealkylation sites (N-methyl/N-ethyl adjacent to an activating group) is 1. The maximum atomic E-state index is 5.74. The lowest BCUT2D eigenvalue weighted by molar-refractivity contribution is 0.278. The smallest absolute Gasteiger partial charge is 0.303 e. The van der Waals surface area contributed by atoms with Crippen LogP contribution in [-0.2, 0) is 13.0 Å². The van der Waals surface area contributed by atoms with Gasteiger partial charge in [-0.2, -0.15) is 9.97 Å². The first kappa shape index (κ1) is 12.4. The number of hydrogen-bond donors (Lipinski definition) is 1. The summed E-state index contributed by atoms with van der Waals surface area (Å²) in [4.78, 5) is 11.1. The van der Waals surface area contributed by atoms with E-state index in [2.05, 4.69) is 27.2 Å². The highest BCUT2D eigenvalue weighted by Crippen LogP contribution is 2.26. The van der Waals surface area contributed by atoms with Crippen molar-refractivity contribution in [3.63, 3.8) is 0 Å². The van der Waals surface area contributed by atoms with Crippen LogP contribution in [0.4, 0.5) is 12.0 Å². The first-order chi connectivity index (χ1) is 10.2. The lowest BCUT2D eigenvalue weighted by atomic mass is 10.2. The fraction of sp³-hybridized carbons (Fsp3) is 0.333. The number of benzene rings is 1. The fourth-order valence-electron chi connectivity index (χ4n) is 2.56. The number of anilines is 2. The van der Waals surface area contributed by atoms with E-state index in [1.807, 2.05) is 25.1 Å². The van der Waals surface area contributed by atoms with Gasteiger partial charge in [0, 0.05) is 13.0 Å². The molecular weight excluding hydrogens is 268 g/mol. The van der Waals surface area contributed by atoms with Gasteiger partial charge in [-0.1, -0.05) is 6.07 Å². The minimum absolute atomic E-state index is 0.405. The SMILES string of the molecule is Cc1ccc2oc(Nc3nc4c(o3)CN(C)CC4)nc2c1. The van der Waals surface area contributed by atoms with E-state index in [1.165, 1.54) is 0 Å². The predicted molar refractivity (Wildman–Crippen MR) is 78.6 cm³/mol. The third-order valence-electron chi connectivity index (χ3n) is 3.68. The van der Waals surface area contributed by atoms with Crippen molar-refractivity contribution >= 4 is 23.1 Å². The second kappa shape index (κ2) is 4.60. The zero-order valence-electron chi connectivity index (χ0n) is 12.0. The van der Waals surface area contributed by atoms with Crippen molar-refractivity contribution in [3.05, 3.63) is 35.2 Å². The van der Waals surface area contributed by atoms with E-state index >= 15 is 0 Å². The van der Waals surface area contributed by atoms with Crippen LogP contribution < -0.4 is 5.32 Å². The zero-order valence-corrected chi connectivity index (χ0v) is 12.0. The molecule has 3 aromatic rings. The molecule has 0 saturated carbocycles. The molecular formula is C15H16N4O2. The number of oxazole rings is 2. The molecule has 1 aliphatic rings. The number of aryl methyl sites for hydroxylation is 1. The van der Waals surface area contributed by atoms with Crippen LogP contribution in [0.5, 0.6) is 0 Å². The monoisotopic (exact) mass is 284 g/mol. The Bertz CT molecular complexity index is 805. The van der Waals surface area contributed by atoms with Gasteiger partial charge in [-0.25, -0.2) is 0 Å². The van der Waals surface area contributed by atoms with E-state index in [-0.39, 0.29) is 0 Å². The molecule has 0 aliphatic carbocycles. The van der Waals surface area contributed by atoms with Crippen LogP contribution >= 0.6 is 0 Å². The minimum atomic E-state index is 0.405. The highest BCUT2D eigenvalue weighted by atomic mass is 16.4. The molecule has 0 atom stereocenters. The van der Waals surface area contributed by atoms with Gasteiger partial charge in [-0.3, -0.25) is 10.2 Å². The van der Waals surface area contributed by atoms with E-state index in [4.69, 9.17) is 8.83 Å². The van der Waals surface area contributed by atoms with Crippen LogP contribution in [0, 0.1) is 6.92 Å². The van der Waals surface area contributed by atoms with E-state index in [0.717, 1.165) is 47.6 Å². The summed E-state index contributed by atoms with van der Waals surface area (Å²) in [5.41, 5.74) is 3.74. The van der Waals surface area contributed by atoms with Crippen molar-refractivity contribution in [1.29, 1.82) is 0 Å². The summed E-state index contributed by atoms with van der Waals surface area (Å²) in [6.45, 7) is 3.82. The van der Waals surface area contributed by atoms with Crippen molar-refractivity contribution in [1.82, 2.24) is 14.9 Å². The molecule has 3 heterocycles. The van der Waals surface area contributed by atoms with E-state index in [9.17, 15) is 0 Å². The Morgan fingerprint density at radius 2 is 2.05 bits per heavy atom. The number of fused-ring (bicyclic) bond motifs is 2. The normalized spacial score (nSPS) is 15.3. The van der Waals surface area contributed by atoms with Gasteiger partial charge >= 0.3 is 12.0 Å². The van der Waals surface area contributed by atoms with E-state index in [1.54, 1.807) is 0 Å². The topological polar surface area (TPSA) is 67.3 Å². The van der Waals surface area contributed by atoms with E-state index in [0.29, 0.717) is 12.0 Å². The van der Waals surface area contributed by atoms with Gasteiger partial charge < -0.3 is 8.83 Å². The summed E-state index contributed by atoms with van der Waals surface area (Å²) in [6.07, 6.45) is 0.907. The van der Waals surface area contributed by atoms with Crippen molar-refractivity contribution < 1.29 is 8.83 Å². The molecule has 0 amide bonds. The van der Waals surface area contributed by atoms with Crippen molar-refractivity contribution in [2.75, 3.05) is 18.9 Å². The molecule has 4 rings (SSSR count). The third kappa shape index (κ3) is 2.27. The molecule has 6 heteroatoms. The van der Waals surface area contributed by atoms with Crippen LogP contribution in [-0.4, -0.2) is 28.5 Å². The molecule has 2 aromatic heterocycles. The first-order valence-corrected chi connectivity index (χ1v) is 6.99. The van der Waals surface area contributed by atoms with Gasteiger partial charge in [0.25, 0.3) is 0 Å². The van der Waals surface area contributed by atoms with Crippen LogP contribution in [0.15, 0.2) is 27.0 Å². The quantitative estimate of drug-likeness (QED) is 0.780. The van der Waals surface area contributed by atoms with Crippen LogP contribution in [0.1, 0.15) is 17.0 Å². The summed E-state index contributed by atoms with van der Waals surface area (Å²) in [5, 5.41) is 3.01. The standard InChI is InChI=1S/C15H16N4O2/c1-9-3-4-12-11(7-9)17-15(20-12)18-14-16-10-5-6-19(2)8-13(10)21-14/h3-4,7H,5-6,8H2,1-2H3,(H,16,17,18). The van der Waals surface area contributed by atoms with Crippen molar-refractivity contribution in [2.45, 2.75) is 19.9 Å². The van der Waals surface area contributed by atoms with Gasteiger partial charge in [0.1, 0.15) is 11.3 Å².